The zero-order valence-corrected chi connectivity index (χ0v) is 11.3. The number of hydrogen-bond acceptors (Lipinski definition) is 4. The van der Waals surface area contributed by atoms with Crippen molar-refractivity contribution in [2.45, 2.75) is 31.7 Å². The second-order valence-electron chi connectivity index (χ2n) is 4.88. The quantitative estimate of drug-likeness (QED) is 0.899. The van der Waals surface area contributed by atoms with Crippen LogP contribution in [-0.4, -0.2) is 24.1 Å². The second kappa shape index (κ2) is 5.24. The summed E-state index contributed by atoms with van der Waals surface area (Å²) in [5.41, 5.74) is 6.77. The lowest BCUT2D eigenvalue weighted by Crippen LogP contribution is -2.41. The Balaban J connectivity index is 1.87. The first-order valence-electron chi connectivity index (χ1n) is 6.71. The highest BCUT2D eigenvalue weighted by atomic mass is 32.1. The third-order valence-corrected chi connectivity index (χ3v) is 4.72. The van der Waals surface area contributed by atoms with Crippen molar-refractivity contribution in [2.24, 2.45) is 5.73 Å². The number of aromatic nitrogens is 1. The van der Waals surface area contributed by atoms with Crippen molar-refractivity contribution in [1.82, 2.24) is 4.98 Å². The predicted octanol–water partition coefficient (Wildman–Crippen LogP) is 3.00. The van der Waals surface area contributed by atoms with Gasteiger partial charge in [0.25, 0.3) is 0 Å². The topological polar surface area (TPSA) is 42.1 Å². The summed E-state index contributed by atoms with van der Waals surface area (Å²) in [7, 11) is 0. The second-order valence-corrected chi connectivity index (χ2v) is 5.89. The van der Waals surface area contributed by atoms with Gasteiger partial charge in [-0.15, -0.1) is 0 Å². The SMILES string of the molecule is NCCCN(c1nc2ccccc2s1)C1CCC1. The molecule has 4 heteroatoms. The van der Waals surface area contributed by atoms with Crippen molar-refractivity contribution >= 4 is 26.7 Å². The van der Waals surface area contributed by atoms with E-state index in [9.17, 15) is 0 Å². The molecule has 0 spiro atoms. The fourth-order valence-corrected chi connectivity index (χ4v) is 3.44. The summed E-state index contributed by atoms with van der Waals surface area (Å²) in [4.78, 5) is 7.25. The monoisotopic (exact) mass is 261 g/mol. The van der Waals surface area contributed by atoms with Gasteiger partial charge < -0.3 is 10.6 Å². The standard InChI is InChI=1S/C14H19N3S/c15-9-4-10-17(11-5-3-6-11)14-16-12-7-1-2-8-13(12)18-14/h1-2,7-8,11H,3-6,9-10,15H2. The first-order chi connectivity index (χ1) is 8.88. The third kappa shape index (κ3) is 2.22. The van der Waals surface area contributed by atoms with Crippen molar-refractivity contribution in [2.75, 3.05) is 18.0 Å². The molecule has 1 fully saturated rings. The van der Waals surface area contributed by atoms with Crippen LogP contribution in [0.15, 0.2) is 24.3 Å². The molecule has 96 valence electrons. The number of nitrogens with two attached hydrogens (primary N) is 1. The Morgan fingerprint density at radius 2 is 2.17 bits per heavy atom. The molecule has 0 atom stereocenters. The number of hydrogen-bond donors (Lipinski definition) is 1. The highest BCUT2D eigenvalue weighted by Gasteiger charge is 2.26. The minimum atomic E-state index is 0.692. The van der Waals surface area contributed by atoms with Crippen LogP contribution in [0.2, 0.25) is 0 Å². The molecule has 1 aromatic heterocycles. The van der Waals surface area contributed by atoms with E-state index in [0.717, 1.165) is 25.0 Å². The Morgan fingerprint density at radius 3 is 2.83 bits per heavy atom. The van der Waals surface area contributed by atoms with Gasteiger partial charge in [-0.1, -0.05) is 23.5 Å². The van der Waals surface area contributed by atoms with Crippen LogP contribution in [0, 0.1) is 0 Å². The number of para-hydroxylation sites is 1. The molecule has 0 saturated heterocycles. The Bertz CT molecular complexity index is 485. The van der Waals surface area contributed by atoms with Crippen molar-refractivity contribution in [3.63, 3.8) is 0 Å². The van der Waals surface area contributed by atoms with Gasteiger partial charge in [0, 0.05) is 12.6 Å². The molecule has 0 aliphatic heterocycles. The Morgan fingerprint density at radius 1 is 1.33 bits per heavy atom. The number of benzene rings is 1. The molecule has 0 bridgehead atoms. The molecule has 0 radical (unpaired) electrons. The minimum absolute atomic E-state index is 0.692. The molecule has 3 nitrogen and oxygen atoms in total. The fraction of sp³-hybridized carbons (Fsp3) is 0.500. The average Bonchev–Trinajstić information content (AvgIpc) is 2.75. The molecular formula is C14H19N3S. The van der Waals surface area contributed by atoms with Crippen LogP contribution in [0.3, 0.4) is 0 Å². The van der Waals surface area contributed by atoms with Gasteiger partial charge in [0.05, 0.1) is 10.2 Å². The summed E-state index contributed by atoms with van der Waals surface area (Å²) in [6.07, 6.45) is 5.02. The molecule has 0 amide bonds. The number of anilines is 1. The summed E-state index contributed by atoms with van der Waals surface area (Å²) in [6, 6.07) is 9.07. The summed E-state index contributed by atoms with van der Waals surface area (Å²) in [5, 5.41) is 1.18. The lowest BCUT2D eigenvalue weighted by molar-refractivity contribution is 0.384. The molecule has 2 N–H and O–H groups in total. The summed E-state index contributed by atoms with van der Waals surface area (Å²) in [5.74, 6) is 0. The van der Waals surface area contributed by atoms with Gasteiger partial charge in [-0.25, -0.2) is 4.98 Å². The van der Waals surface area contributed by atoms with Gasteiger partial charge in [0.15, 0.2) is 5.13 Å². The van der Waals surface area contributed by atoms with Gasteiger partial charge in [0.2, 0.25) is 0 Å². The molecule has 2 aromatic rings. The van der Waals surface area contributed by atoms with Gasteiger partial charge in [-0.3, -0.25) is 0 Å². The molecule has 0 unspecified atom stereocenters. The van der Waals surface area contributed by atoms with E-state index in [1.807, 2.05) is 11.3 Å². The number of nitrogens with zero attached hydrogens (tertiary/aromatic N) is 2. The van der Waals surface area contributed by atoms with E-state index in [1.165, 1.54) is 29.1 Å². The van der Waals surface area contributed by atoms with E-state index in [1.54, 1.807) is 0 Å². The van der Waals surface area contributed by atoms with E-state index in [2.05, 4.69) is 29.2 Å². The summed E-state index contributed by atoms with van der Waals surface area (Å²) >= 11 is 1.81. The third-order valence-electron chi connectivity index (χ3n) is 3.65. The van der Waals surface area contributed by atoms with E-state index < -0.39 is 0 Å². The van der Waals surface area contributed by atoms with Crippen LogP contribution in [0.4, 0.5) is 5.13 Å². The van der Waals surface area contributed by atoms with Crippen LogP contribution in [0.1, 0.15) is 25.7 Å². The van der Waals surface area contributed by atoms with Crippen LogP contribution in [0.5, 0.6) is 0 Å². The number of fused-ring (bicyclic) bond motifs is 1. The molecule has 1 aromatic carbocycles. The Kier molecular flexibility index (Phi) is 3.48. The lowest BCUT2D eigenvalue weighted by atomic mass is 9.92. The zero-order chi connectivity index (χ0) is 12.4. The van der Waals surface area contributed by atoms with Crippen molar-refractivity contribution in [1.29, 1.82) is 0 Å². The normalized spacial score (nSPS) is 15.8. The van der Waals surface area contributed by atoms with Gasteiger partial charge in [0.1, 0.15) is 0 Å². The first kappa shape index (κ1) is 11.9. The number of rotatable bonds is 5. The van der Waals surface area contributed by atoms with E-state index in [4.69, 9.17) is 10.7 Å². The first-order valence-corrected chi connectivity index (χ1v) is 7.52. The summed E-state index contributed by atoms with van der Waals surface area (Å²) < 4.78 is 1.28. The molecule has 1 heterocycles. The fourth-order valence-electron chi connectivity index (χ4n) is 2.38. The maximum atomic E-state index is 5.65. The molecule has 18 heavy (non-hydrogen) atoms. The van der Waals surface area contributed by atoms with E-state index >= 15 is 0 Å². The Labute approximate surface area is 112 Å². The molecule has 3 rings (SSSR count). The minimum Gasteiger partial charge on any atom is -0.345 e. The van der Waals surface area contributed by atoms with E-state index in [0.29, 0.717) is 6.04 Å². The smallest absolute Gasteiger partial charge is 0.186 e. The van der Waals surface area contributed by atoms with Crippen LogP contribution in [-0.2, 0) is 0 Å². The maximum Gasteiger partial charge on any atom is 0.186 e. The van der Waals surface area contributed by atoms with Crippen molar-refractivity contribution in [3.05, 3.63) is 24.3 Å². The largest absolute Gasteiger partial charge is 0.345 e. The highest BCUT2D eigenvalue weighted by Crippen LogP contribution is 2.34. The molecular weight excluding hydrogens is 242 g/mol. The van der Waals surface area contributed by atoms with Crippen LogP contribution >= 0.6 is 11.3 Å². The van der Waals surface area contributed by atoms with E-state index in [-0.39, 0.29) is 0 Å². The van der Waals surface area contributed by atoms with Crippen molar-refractivity contribution < 1.29 is 0 Å². The van der Waals surface area contributed by atoms with Gasteiger partial charge in [-0.05, 0) is 44.4 Å². The lowest BCUT2D eigenvalue weighted by Gasteiger charge is -2.37. The number of thiazole rings is 1. The van der Waals surface area contributed by atoms with Crippen LogP contribution in [0.25, 0.3) is 10.2 Å². The summed E-state index contributed by atoms with van der Waals surface area (Å²) in [6.45, 7) is 1.80. The Hall–Kier alpha value is -1.13. The molecule has 1 aliphatic rings. The van der Waals surface area contributed by atoms with Crippen LogP contribution < -0.4 is 10.6 Å². The van der Waals surface area contributed by atoms with Crippen molar-refractivity contribution in [3.8, 4) is 0 Å². The van der Waals surface area contributed by atoms with Gasteiger partial charge >= 0.3 is 0 Å². The van der Waals surface area contributed by atoms with Gasteiger partial charge in [-0.2, -0.15) is 0 Å². The average molecular weight is 261 g/mol. The zero-order valence-electron chi connectivity index (χ0n) is 10.5. The molecule has 1 saturated carbocycles. The maximum absolute atomic E-state index is 5.65. The highest BCUT2D eigenvalue weighted by molar-refractivity contribution is 7.22. The predicted molar refractivity (Wildman–Crippen MR) is 78.3 cm³/mol. The molecule has 1 aliphatic carbocycles.